The fourth-order valence-corrected chi connectivity index (χ4v) is 4.78. The van der Waals surface area contributed by atoms with Crippen LogP contribution in [-0.2, 0) is 13.5 Å². The van der Waals surface area contributed by atoms with E-state index in [4.69, 9.17) is 0 Å². The van der Waals surface area contributed by atoms with Crippen LogP contribution in [0.4, 0.5) is 0 Å². The number of benzene rings is 2. The topological polar surface area (TPSA) is 17.8 Å². The van der Waals surface area contributed by atoms with Crippen LogP contribution in [0.25, 0.3) is 0 Å². The largest absolute Gasteiger partial charge is 0.340 e. The maximum absolute atomic E-state index is 4.45. The molecule has 0 aliphatic carbocycles. The molecule has 0 fully saturated rings. The fourth-order valence-electron chi connectivity index (χ4n) is 2.45. The van der Waals surface area contributed by atoms with Crippen molar-refractivity contribution in [2.75, 3.05) is 6.16 Å². The highest BCUT2D eigenvalue weighted by atomic mass is 31.1. The van der Waals surface area contributed by atoms with E-state index in [1.165, 1.54) is 16.3 Å². The van der Waals surface area contributed by atoms with Gasteiger partial charge in [-0.05, 0) is 31.1 Å². The first kappa shape index (κ1) is 14.0. The van der Waals surface area contributed by atoms with E-state index in [0.29, 0.717) is 0 Å². The molecule has 0 aliphatic rings. The molecule has 0 saturated carbocycles. The van der Waals surface area contributed by atoms with E-state index in [0.717, 1.165) is 12.6 Å². The molecule has 1 heterocycles. The number of hydrogen-bond donors (Lipinski definition) is 0. The molecule has 0 atom stereocenters. The van der Waals surface area contributed by atoms with Gasteiger partial charge in [-0.3, -0.25) is 0 Å². The summed E-state index contributed by atoms with van der Waals surface area (Å²) in [6.07, 6.45) is 6.16. The summed E-state index contributed by atoms with van der Waals surface area (Å²) in [7, 11) is 1.71. The zero-order chi connectivity index (χ0) is 14.5. The number of aromatic nitrogens is 2. The summed E-state index contributed by atoms with van der Waals surface area (Å²) >= 11 is 0. The minimum atomic E-state index is -0.315. The molecule has 2 nitrogen and oxygen atoms in total. The Labute approximate surface area is 127 Å². The lowest BCUT2D eigenvalue weighted by Crippen LogP contribution is -2.14. The highest BCUT2D eigenvalue weighted by molar-refractivity contribution is 7.73. The lowest BCUT2D eigenvalue weighted by molar-refractivity contribution is 0.912. The molecule has 3 heteroatoms. The second-order valence-corrected chi connectivity index (χ2v) is 7.44. The number of hydrogen-bond acceptors (Lipinski definition) is 1. The van der Waals surface area contributed by atoms with Crippen LogP contribution in [0.2, 0.25) is 0 Å². The van der Waals surface area contributed by atoms with Gasteiger partial charge in [-0.15, -0.1) is 0 Å². The van der Waals surface area contributed by atoms with Crippen LogP contribution >= 0.6 is 7.92 Å². The van der Waals surface area contributed by atoms with Crippen molar-refractivity contribution < 1.29 is 0 Å². The molecule has 1 aromatic heterocycles. The van der Waals surface area contributed by atoms with E-state index in [2.05, 4.69) is 71.8 Å². The van der Waals surface area contributed by atoms with Crippen LogP contribution in [0.5, 0.6) is 0 Å². The van der Waals surface area contributed by atoms with Crippen molar-refractivity contribution >= 4 is 18.5 Å². The molecule has 0 amide bonds. The van der Waals surface area contributed by atoms with Gasteiger partial charge in [-0.25, -0.2) is 4.98 Å². The highest BCUT2D eigenvalue weighted by Crippen LogP contribution is 2.33. The van der Waals surface area contributed by atoms with Crippen molar-refractivity contribution in [1.29, 1.82) is 0 Å². The van der Waals surface area contributed by atoms with Crippen molar-refractivity contribution in [2.45, 2.75) is 6.42 Å². The van der Waals surface area contributed by atoms with Gasteiger partial charge in [0.15, 0.2) is 0 Å². The molecule has 21 heavy (non-hydrogen) atoms. The third kappa shape index (κ3) is 3.59. The second-order valence-electron chi connectivity index (χ2n) is 5.10. The maximum Gasteiger partial charge on any atom is 0.0946 e. The van der Waals surface area contributed by atoms with Gasteiger partial charge >= 0.3 is 0 Å². The van der Waals surface area contributed by atoms with Gasteiger partial charge in [-0.2, -0.15) is 0 Å². The van der Waals surface area contributed by atoms with Gasteiger partial charge in [0, 0.05) is 13.2 Å². The van der Waals surface area contributed by atoms with Gasteiger partial charge in [0.1, 0.15) is 0 Å². The first-order valence-electron chi connectivity index (χ1n) is 7.17. The Kier molecular flexibility index (Phi) is 4.47. The number of imidazole rings is 1. The average molecular weight is 294 g/mol. The highest BCUT2D eigenvalue weighted by Gasteiger charge is 2.13. The van der Waals surface area contributed by atoms with Crippen molar-refractivity contribution in [3.8, 4) is 0 Å². The van der Waals surface area contributed by atoms with Crippen LogP contribution in [0.15, 0.2) is 73.2 Å². The molecule has 106 valence electrons. The summed E-state index contributed by atoms with van der Waals surface area (Å²) in [5, 5.41) is 2.88. The van der Waals surface area contributed by atoms with Gasteiger partial charge in [-0.1, -0.05) is 60.7 Å². The summed E-state index contributed by atoms with van der Waals surface area (Å²) in [6, 6.07) is 21.7. The van der Waals surface area contributed by atoms with E-state index < -0.39 is 0 Å². The lowest BCUT2D eigenvalue weighted by Gasteiger charge is -2.18. The molecular weight excluding hydrogens is 275 g/mol. The molecule has 2 aromatic carbocycles. The van der Waals surface area contributed by atoms with E-state index in [-0.39, 0.29) is 7.92 Å². The molecular formula is C18H19N2P. The van der Waals surface area contributed by atoms with Gasteiger partial charge in [0.05, 0.1) is 12.0 Å². The third-order valence-corrected chi connectivity index (χ3v) is 6.00. The van der Waals surface area contributed by atoms with Gasteiger partial charge < -0.3 is 4.57 Å². The Hall–Kier alpha value is -1.92. The monoisotopic (exact) mass is 294 g/mol. The van der Waals surface area contributed by atoms with E-state index in [1.54, 1.807) is 0 Å². The number of aryl methyl sites for hydroxylation is 2. The first-order valence-corrected chi connectivity index (χ1v) is 8.70. The lowest BCUT2D eigenvalue weighted by atomic mass is 10.4. The molecule has 0 spiro atoms. The Balaban J connectivity index is 1.83. The van der Waals surface area contributed by atoms with Crippen molar-refractivity contribution in [2.24, 2.45) is 7.05 Å². The zero-order valence-electron chi connectivity index (χ0n) is 12.2. The molecule has 0 unspecified atom stereocenters. The van der Waals surface area contributed by atoms with Gasteiger partial charge in [0.25, 0.3) is 0 Å². The Morgan fingerprint density at radius 1 is 0.905 bits per heavy atom. The second kappa shape index (κ2) is 6.69. The molecule has 0 radical (unpaired) electrons. The Morgan fingerprint density at radius 2 is 1.48 bits per heavy atom. The van der Waals surface area contributed by atoms with Crippen LogP contribution in [0.1, 0.15) is 5.69 Å². The summed E-state index contributed by atoms with van der Waals surface area (Å²) in [6.45, 7) is 0. The quantitative estimate of drug-likeness (QED) is 0.661. The number of nitrogens with zero attached hydrogens (tertiary/aromatic N) is 2. The average Bonchev–Trinajstić information content (AvgIpc) is 2.95. The molecule has 0 saturated heterocycles. The SMILES string of the molecule is Cn1cnc(CCP(c2ccccc2)c2ccccc2)c1. The molecule has 0 N–H and O–H groups in total. The fraction of sp³-hybridized carbons (Fsp3) is 0.167. The molecule has 0 aliphatic heterocycles. The van der Waals surface area contributed by atoms with Crippen molar-refractivity contribution in [1.82, 2.24) is 9.55 Å². The summed E-state index contributed by atoms with van der Waals surface area (Å²) in [5.41, 5.74) is 1.18. The minimum absolute atomic E-state index is 0.315. The summed E-state index contributed by atoms with van der Waals surface area (Å²) in [4.78, 5) is 4.45. The summed E-state index contributed by atoms with van der Waals surface area (Å²) < 4.78 is 2.02. The Bertz CT molecular complexity index is 637. The first-order chi connectivity index (χ1) is 10.3. The third-order valence-electron chi connectivity index (χ3n) is 3.49. The van der Waals surface area contributed by atoms with E-state index in [1.807, 2.05) is 17.9 Å². The van der Waals surface area contributed by atoms with E-state index >= 15 is 0 Å². The standard InChI is InChI=1S/C18H19N2P/c1-20-14-16(19-15-20)12-13-21(17-8-4-2-5-9-17)18-10-6-3-7-11-18/h2-11,14-15H,12-13H2,1H3. The molecule has 3 aromatic rings. The molecule has 3 rings (SSSR count). The number of rotatable bonds is 5. The Morgan fingerprint density at radius 3 is 1.95 bits per heavy atom. The van der Waals surface area contributed by atoms with Crippen LogP contribution in [0.3, 0.4) is 0 Å². The summed E-state index contributed by atoms with van der Waals surface area (Å²) in [5.74, 6) is 0. The zero-order valence-corrected chi connectivity index (χ0v) is 13.1. The smallest absolute Gasteiger partial charge is 0.0946 e. The van der Waals surface area contributed by atoms with Crippen molar-refractivity contribution in [3.05, 3.63) is 78.9 Å². The van der Waals surface area contributed by atoms with Gasteiger partial charge in [0.2, 0.25) is 0 Å². The van der Waals surface area contributed by atoms with E-state index in [9.17, 15) is 0 Å². The van der Waals surface area contributed by atoms with Crippen LogP contribution < -0.4 is 10.6 Å². The van der Waals surface area contributed by atoms with Crippen LogP contribution in [0, 0.1) is 0 Å². The van der Waals surface area contributed by atoms with Crippen molar-refractivity contribution in [3.63, 3.8) is 0 Å². The normalized spacial score (nSPS) is 11.0. The predicted molar refractivity (Wildman–Crippen MR) is 90.9 cm³/mol. The predicted octanol–water partition coefficient (Wildman–Crippen LogP) is 3.10. The maximum atomic E-state index is 4.45. The minimum Gasteiger partial charge on any atom is -0.340 e. The van der Waals surface area contributed by atoms with Crippen LogP contribution in [-0.4, -0.2) is 15.7 Å². The molecule has 0 bridgehead atoms.